The predicted octanol–water partition coefficient (Wildman–Crippen LogP) is 3.18. The van der Waals surface area contributed by atoms with Crippen molar-refractivity contribution in [3.05, 3.63) is 59.1 Å². The zero-order valence-electron chi connectivity index (χ0n) is 16.5. The Morgan fingerprint density at radius 1 is 1.07 bits per heavy atom. The summed E-state index contributed by atoms with van der Waals surface area (Å²) in [5.74, 6) is -1.55. The number of imide groups is 1. The van der Waals surface area contributed by atoms with Crippen molar-refractivity contribution in [2.75, 3.05) is 18.6 Å². The topological polar surface area (TPSA) is 66.9 Å². The van der Waals surface area contributed by atoms with E-state index in [1.807, 2.05) is 18.2 Å². The minimum absolute atomic E-state index is 0.0979. The first-order valence-electron chi connectivity index (χ1n) is 10.1. The molecule has 0 aliphatic carbocycles. The highest BCUT2D eigenvalue weighted by molar-refractivity contribution is 6.32. The monoisotopic (exact) mass is 424 g/mol. The van der Waals surface area contributed by atoms with Crippen molar-refractivity contribution in [1.29, 1.82) is 0 Å². The van der Waals surface area contributed by atoms with E-state index in [0.717, 1.165) is 19.4 Å². The minimum atomic E-state index is -0.695. The van der Waals surface area contributed by atoms with Gasteiger partial charge in [-0.1, -0.05) is 41.9 Å². The Kier molecular flexibility index (Phi) is 4.64. The van der Waals surface area contributed by atoms with Crippen molar-refractivity contribution in [2.45, 2.75) is 24.9 Å². The number of nitrogens with zero attached hydrogens (tertiary/aromatic N) is 2. The molecule has 30 heavy (non-hydrogen) atoms. The van der Waals surface area contributed by atoms with E-state index in [9.17, 15) is 14.4 Å². The molecule has 0 radical (unpaired) electrons. The molecule has 0 saturated carbocycles. The molecule has 7 heteroatoms. The average Bonchev–Trinajstić information content (AvgIpc) is 3.40. The molecule has 4 atom stereocenters. The van der Waals surface area contributed by atoms with Gasteiger partial charge in [-0.3, -0.25) is 19.3 Å². The number of hydrogen-bond acceptors (Lipinski definition) is 5. The van der Waals surface area contributed by atoms with E-state index < -0.39 is 17.9 Å². The van der Waals surface area contributed by atoms with Crippen molar-refractivity contribution in [3.8, 4) is 5.75 Å². The molecule has 3 aliphatic rings. The van der Waals surface area contributed by atoms with Gasteiger partial charge in [0.05, 0.1) is 30.7 Å². The zero-order chi connectivity index (χ0) is 21.0. The number of methoxy groups -OCH3 is 1. The molecule has 154 valence electrons. The summed E-state index contributed by atoms with van der Waals surface area (Å²) in [6.45, 7) is 0.724. The van der Waals surface area contributed by atoms with Gasteiger partial charge in [-0.2, -0.15) is 0 Å². The highest BCUT2D eigenvalue weighted by Crippen LogP contribution is 2.49. The second-order valence-corrected chi connectivity index (χ2v) is 8.44. The Morgan fingerprint density at radius 2 is 1.80 bits per heavy atom. The highest BCUT2D eigenvalue weighted by atomic mass is 35.5. The SMILES string of the molecule is COc1ccc(Cl)cc1N1C(=O)[C@@H]2[C@H](C1=O)[C@@H](C(=O)c1ccccc1)N1CCC[C@H]21. The van der Waals surface area contributed by atoms with Crippen molar-refractivity contribution in [3.63, 3.8) is 0 Å². The normalized spacial score (nSPS) is 28.0. The fraction of sp³-hybridized carbons (Fsp3) is 0.348. The van der Waals surface area contributed by atoms with Crippen LogP contribution in [0.15, 0.2) is 48.5 Å². The lowest BCUT2D eigenvalue weighted by atomic mass is 9.85. The van der Waals surface area contributed by atoms with Crippen LogP contribution in [0.4, 0.5) is 5.69 Å². The smallest absolute Gasteiger partial charge is 0.239 e. The number of amides is 2. The molecule has 2 aromatic rings. The van der Waals surface area contributed by atoms with Gasteiger partial charge in [0.1, 0.15) is 5.75 Å². The van der Waals surface area contributed by atoms with Crippen molar-refractivity contribution in [2.24, 2.45) is 11.8 Å². The van der Waals surface area contributed by atoms with Gasteiger partial charge in [0.15, 0.2) is 5.78 Å². The molecule has 3 heterocycles. The third-order valence-corrected chi connectivity index (χ3v) is 6.80. The van der Waals surface area contributed by atoms with Crippen LogP contribution in [0.1, 0.15) is 23.2 Å². The predicted molar refractivity (Wildman–Crippen MR) is 112 cm³/mol. The fourth-order valence-electron chi connectivity index (χ4n) is 5.36. The fourth-order valence-corrected chi connectivity index (χ4v) is 5.53. The third kappa shape index (κ3) is 2.71. The van der Waals surface area contributed by atoms with Gasteiger partial charge in [0.25, 0.3) is 0 Å². The van der Waals surface area contributed by atoms with Gasteiger partial charge < -0.3 is 4.74 Å². The molecular weight excluding hydrogens is 404 g/mol. The lowest BCUT2D eigenvalue weighted by Gasteiger charge is -2.28. The Labute approximate surface area is 179 Å². The number of carbonyl (C=O) groups excluding carboxylic acids is 3. The van der Waals surface area contributed by atoms with Crippen LogP contribution in [0.25, 0.3) is 0 Å². The van der Waals surface area contributed by atoms with E-state index in [2.05, 4.69) is 4.90 Å². The van der Waals surface area contributed by atoms with Crippen LogP contribution in [-0.4, -0.2) is 48.2 Å². The summed E-state index contributed by atoms with van der Waals surface area (Å²) in [4.78, 5) is 43.8. The maximum Gasteiger partial charge on any atom is 0.239 e. The lowest BCUT2D eigenvalue weighted by Crippen LogP contribution is -2.46. The van der Waals surface area contributed by atoms with E-state index >= 15 is 0 Å². The van der Waals surface area contributed by atoms with Crippen LogP contribution in [0.2, 0.25) is 5.02 Å². The van der Waals surface area contributed by atoms with Crippen LogP contribution in [-0.2, 0) is 9.59 Å². The number of anilines is 1. The molecule has 2 amide bonds. The van der Waals surface area contributed by atoms with Crippen LogP contribution in [0, 0.1) is 11.8 Å². The number of fused-ring (bicyclic) bond motifs is 3. The summed E-state index contributed by atoms with van der Waals surface area (Å²) in [7, 11) is 1.49. The van der Waals surface area contributed by atoms with Gasteiger partial charge in [-0.15, -0.1) is 0 Å². The van der Waals surface area contributed by atoms with E-state index in [0.29, 0.717) is 22.0 Å². The number of hydrogen-bond donors (Lipinski definition) is 0. The van der Waals surface area contributed by atoms with Crippen molar-refractivity contribution >= 4 is 34.9 Å². The molecule has 5 rings (SSSR count). The van der Waals surface area contributed by atoms with Gasteiger partial charge in [0, 0.05) is 16.6 Å². The van der Waals surface area contributed by atoms with Crippen LogP contribution in [0.5, 0.6) is 5.75 Å². The molecule has 6 nitrogen and oxygen atoms in total. The average molecular weight is 425 g/mol. The molecule has 2 aromatic carbocycles. The molecular formula is C23H21ClN2O4. The number of halogens is 1. The molecule has 3 fully saturated rings. The largest absolute Gasteiger partial charge is 0.495 e. The van der Waals surface area contributed by atoms with Crippen LogP contribution >= 0.6 is 11.6 Å². The lowest BCUT2D eigenvalue weighted by molar-refractivity contribution is -0.123. The molecule has 0 bridgehead atoms. The molecule has 0 unspecified atom stereocenters. The van der Waals surface area contributed by atoms with E-state index in [1.54, 1.807) is 30.3 Å². The van der Waals surface area contributed by atoms with Gasteiger partial charge in [0.2, 0.25) is 11.8 Å². The van der Waals surface area contributed by atoms with E-state index in [-0.39, 0.29) is 23.6 Å². The van der Waals surface area contributed by atoms with Crippen LogP contribution < -0.4 is 9.64 Å². The van der Waals surface area contributed by atoms with E-state index in [1.165, 1.54) is 12.0 Å². The molecule has 3 saturated heterocycles. The quantitative estimate of drug-likeness (QED) is 0.557. The third-order valence-electron chi connectivity index (χ3n) is 6.56. The minimum Gasteiger partial charge on any atom is -0.495 e. The van der Waals surface area contributed by atoms with Gasteiger partial charge >= 0.3 is 0 Å². The summed E-state index contributed by atoms with van der Waals surface area (Å²) in [6, 6.07) is 13.1. The maximum absolute atomic E-state index is 13.6. The standard InChI is InChI=1S/C23H21ClN2O4/c1-30-17-10-9-14(24)12-16(17)26-22(28)18-15-8-5-11-25(15)20(19(18)23(26)29)21(27)13-6-3-2-4-7-13/h2-4,6-7,9-10,12,15,18-20H,5,8,11H2,1H3/t15-,18+,19+,20+/m1/s1. The Morgan fingerprint density at radius 3 is 2.53 bits per heavy atom. The van der Waals surface area contributed by atoms with Crippen molar-refractivity contribution < 1.29 is 19.1 Å². The Hall–Kier alpha value is -2.70. The first kappa shape index (κ1) is 19.3. The molecule has 3 aliphatic heterocycles. The summed E-state index contributed by atoms with van der Waals surface area (Å²) >= 11 is 6.15. The number of rotatable bonds is 4. The maximum atomic E-state index is 13.6. The van der Waals surface area contributed by atoms with Gasteiger partial charge in [-0.25, -0.2) is 4.90 Å². The van der Waals surface area contributed by atoms with E-state index in [4.69, 9.17) is 16.3 Å². The summed E-state index contributed by atoms with van der Waals surface area (Å²) in [6.07, 6.45) is 1.72. The number of benzene rings is 2. The number of ketones is 1. The zero-order valence-corrected chi connectivity index (χ0v) is 17.2. The number of Topliss-reactive ketones (excluding diaryl/α,β-unsaturated/α-hetero) is 1. The summed E-state index contributed by atoms with van der Waals surface area (Å²) in [5.41, 5.74) is 0.901. The molecule has 0 N–H and O–H groups in total. The van der Waals surface area contributed by atoms with Gasteiger partial charge in [-0.05, 0) is 37.6 Å². The Bertz CT molecular complexity index is 1040. The first-order chi connectivity index (χ1) is 14.5. The highest BCUT2D eigenvalue weighted by Gasteiger charge is 2.65. The van der Waals surface area contributed by atoms with Crippen molar-refractivity contribution in [1.82, 2.24) is 4.90 Å². The summed E-state index contributed by atoms with van der Waals surface area (Å²) < 4.78 is 5.38. The second-order valence-electron chi connectivity index (χ2n) is 8.00. The molecule has 0 aromatic heterocycles. The molecule has 0 spiro atoms. The first-order valence-corrected chi connectivity index (χ1v) is 10.5. The Balaban J connectivity index is 1.58. The number of ether oxygens (including phenoxy) is 1. The summed E-state index contributed by atoms with van der Waals surface area (Å²) in [5, 5.41) is 0.405. The second kappa shape index (κ2) is 7.22. The number of carbonyl (C=O) groups is 3. The van der Waals surface area contributed by atoms with Crippen LogP contribution in [0.3, 0.4) is 0 Å².